The SMILES string of the molecule is CCCCN1C(=O)[C@@H]2[C@@H]([C@@H](C)O)N[C@]3(C(=O)Nc4ccc(F)cc43)[C@@H]2C1=O. The molecule has 3 heterocycles. The molecule has 4 rings (SSSR count). The molecule has 1 aromatic carbocycles. The largest absolute Gasteiger partial charge is 0.392 e. The molecule has 5 atom stereocenters. The summed E-state index contributed by atoms with van der Waals surface area (Å²) >= 11 is 0. The molecule has 2 fully saturated rings. The monoisotopic (exact) mass is 375 g/mol. The normalized spacial score (nSPS) is 32.8. The van der Waals surface area contributed by atoms with E-state index < -0.39 is 47.2 Å². The average molecular weight is 375 g/mol. The third-order valence-electron chi connectivity index (χ3n) is 5.96. The number of nitrogens with one attached hydrogen (secondary N) is 2. The lowest BCUT2D eigenvalue weighted by Gasteiger charge is -2.30. The molecule has 0 aromatic heterocycles. The van der Waals surface area contributed by atoms with E-state index in [0.29, 0.717) is 17.7 Å². The number of hydrogen-bond acceptors (Lipinski definition) is 5. The van der Waals surface area contributed by atoms with Crippen LogP contribution in [-0.2, 0) is 19.9 Å². The number of unbranched alkanes of at least 4 members (excludes halogenated alkanes) is 1. The van der Waals surface area contributed by atoms with E-state index in [1.54, 1.807) is 0 Å². The number of likely N-dealkylation sites (tertiary alicyclic amines) is 1. The molecule has 0 bridgehead atoms. The summed E-state index contributed by atoms with van der Waals surface area (Å²) in [5.41, 5.74) is -0.840. The molecule has 8 heteroatoms. The Hall–Kier alpha value is -2.32. The highest BCUT2D eigenvalue weighted by Gasteiger charge is 2.71. The second kappa shape index (κ2) is 6.10. The van der Waals surface area contributed by atoms with E-state index in [1.807, 2.05) is 6.92 Å². The van der Waals surface area contributed by atoms with Crippen molar-refractivity contribution >= 4 is 23.4 Å². The van der Waals surface area contributed by atoms with Crippen LogP contribution in [0.2, 0.25) is 0 Å². The Balaban J connectivity index is 1.86. The first-order valence-corrected chi connectivity index (χ1v) is 9.25. The average Bonchev–Trinajstić information content (AvgIpc) is 3.20. The standard InChI is InChI=1S/C19H22FN3O4/c1-3-4-7-23-16(25)13-14(17(23)26)19(22-15(13)9(2)24)11-8-10(20)5-6-12(11)21-18(19)27/h5-6,8-9,13-15,22,24H,3-4,7H2,1-2H3,(H,21,27)/t9-,13+,14+,15-,19+/m1/s1. The van der Waals surface area contributed by atoms with Gasteiger partial charge in [-0.2, -0.15) is 0 Å². The number of hydrogen-bond donors (Lipinski definition) is 3. The number of aliphatic hydroxyl groups is 1. The Morgan fingerprint density at radius 2 is 2.04 bits per heavy atom. The molecule has 3 aliphatic heterocycles. The Labute approximate surface area is 155 Å². The minimum atomic E-state index is -1.56. The van der Waals surface area contributed by atoms with Gasteiger partial charge in [0.15, 0.2) is 0 Å². The third-order valence-corrected chi connectivity index (χ3v) is 5.96. The predicted octanol–water partition coefficient (Wildman–Crippen LogP) is 0.727. The van der Waals surface area contributed by atoms with Crippen molar-refractivity contribution in [1.82, 2.24) is 10.2 Å². The van der Waals surface area contributed by atoms with Crippen molar-refractivity contribution in [2.45, 2.75) is 44.4 Å². The van der Waals surface area contributed by atoms with Gasteiger partial charge in [-0.3, -0.25) is 24.6 Å². The number of imide groups is 1. The number of amides is 3. The van der Waals surface area contributed by atoms with Gasteiger partial charge in [-0.1, -0.05) is 13.3 Å². The van der Waals surface area contributed by atoms with Gasteiger partial charge in [-0.05, 0) is 31.5 Å². The summed E-state index contributed by atoms with van der Waals surface area (Å²) in [7, 11) is 0. The highest BCUT2D eigenvalue weighted by Crippen LogP contribution is 2.53. The van der Waals surface area contributed by atoms with Gasteiger partial charge in [0.2, 0.25) is 17.7 Å². The fraction of sp³-hybridized carbons (Fsp3) is 0.526. The Morgan fingerprint density at radius 1 is 1.30 bits per heavy atom. The van der Waals surface area contributed by atoms with E-state index in [0.717, 1.165) is 6.42 Å². The second-order valence-corrected chi connectivity index (χ2v) is 7.55. The second-order valence-electron chi connectivity index (χ2n) is 7.55. The number of carbonyl (C=O) groups is 3. The Kier molecular flexibility index (Phi) is 4.08. The number of rotatable bonds is 4. The Morgan fingerprint density at radius 3 is 2.70 bits per heavy atom. The molecule has 3 amide bonds. The Bertz CT molecular complexity index is 842. The summed E-state index contributed by atoms with van der Waals surface area (Å²) in [4.78, 5) is 40.4. The lowest BCUT2D eigenvalue weighted by atomic mass is 9.76. The van der Waals surface area contributed by atoms with Crippen molar-refractivity contribution in [1.29, 1.82) is 0 Å². The van der Waals surface area contributed by atoms with E-state index in [9.17, 15) is 23.9 Å². The summed E-state index contributed by atoms with van der Waals surface area (Å²) in [5.74, 6) is -3.74. The van der Waals surface area contributed by atoms with Crippen molar-refractivity contribution in [2.24, 2.45) is 11.8 Å². The minimum absolute atomic E-state index is 0.279. The molecule has 0 saturated carbocycles. The van der Waals surface area contributed by atoms with Gasteiger partial charge < -0.3 is 10.4 Å². The summed E-state index contributed by atoms with van der Waals surface area (Å²) < 4.78 is 14.0. The van der Waals surface area contributed by atoms with Gasteiger partial charge in [0, 0.05) is 23.8 Å². The maximum absolute atomic E-state index is 14.0. The quantitative estimate of drug-likeness (QED) is 0.674. The number of benzene rings is 1. The fourth-order valence-electron chi connectivity index (χ4n) is 4.71. The van der Waals surface area contributed by atoms with Crippen LogP contribution in [0, 0.1) is 17.7 Å². The van der Waals surface area contributed by atoms with E-state index in [2.05, 4.69) is 10.6 Å². The molecule has 0 unspecified atom stereocenters. The lowest BCUT2D eigenvalue weighted by Crippen LogP contribution is -2.54. The first kappa shape index (κ1) is 18.1. The summed E-state index contributed by atoms with van der Waals surface area (Å²) in [6, 6.07) is 3.11. The highest BCUT2D eigenvalue weighted by molar-refractivity contribution is 6.15. The molecule has 1 aromatic rings. The minimum Gasteiger partial charge on any atom is -0.392 e. The van der Waals surface area contributed by atoms with Crippen LogP contribution in [0.1, 0.15) is 32.3 Å². The number of carbonyl (C=O) groups excluding carboxylic acids is 3. The molecule has 144 valence electrons. The molecule has 0 aliphatic carbocycles. The van der Waals surface area contributed by atoms with Gasteiger partial charge in [0.25, 0.3) is 0 Å². The lowest BCUT2D eigenvalue weighted by molar-refractivity contribution is -0.143. The number of fused-ring (bicyclic) bond motifs is 4. The van der Waals surface area contributed by atoms with E-state index in [4.69, 9.17) is 0 Å². The van der Waals surface area contributed by atoms with Gasteiger partial charge in [0.05, 0.1) is 17.9 Å². The van der Waals surface area contributed by atoms with E-state index in [1.165, 1.54) is 30.0 Å². The van der Waals surface area contributed by atoms with Crippen molar-refractivity contribution in [3.63, 3.8) is 0 Å². The number of anilines is 1. The van der Waals surface area contributed by atoms with Crippen LogP contribution in [0.25, 0.3) is 0 Å². The summed E-state index contributed by atoms with van der Waals surface area (Å²) in [5, 5.41) is 16.0. The topological polar surface area (TPSA) is 98.7 Å². The van der Waals surface area contributed by atoms with Crippen molar-refractivity contribution in [2.75, 3.05) is 11.9 Å². The van der Waals surface area contributed by atoms with Crippen LogP contribution in [0.15, 0.2) is 18.2 Å². The summed E-state index contributed by atoms with van der Waals surface area (Å²) in [6.07, 6.45) is 0.503. The smallest absolute Gasteiger partial charge is 0.250 e. The number of aliphatic hydroxyl groups excluding tert-OH is 1. The van der Waals surface area contributed by atoms with Crippen LogP contribution < -0.4 is 10.6 Å². The molecular formula is C19H22FN3O4. The molecule has 0 radical (unpaired) electrons. The number of halogens is 1. The van der Waals surface area contributed by atoms with Gasteiger partial charge in [-0.25, -0.2) is 4.39 Å². The number of nitrogens with zero attached hydrogens (tertiary/aromatic N) is 1. The molecule has 1 spiro atoms. The fourth-order valence-corrected chi connectivity index (χ4v) is 4.71. The zero-order valence-corrected chi connectivity index (χ0v) is 15.2. The van der Waals surface area contributed by atoms with Crippen LogP contribution in [0.5, 0.6) is 0 Å². The van der Waals surface area contributed by atoms with Crippen molar-refractivity contribution in [3.8, 4) is 0 Å². The van der Waals surface area contributed by atoms with E-state index >= 15 is 0 Å². The predicted molar refractivity (Wildman–Crippen MR) is 93.9 cm³/mol. The summed E-state index contributed by atoms with van der Waals surface area (Å²) in [6.45, 7) is 3.75. The molecule has 27 heavy (non-hydrogen) atoms. The maximum Gasteiger partial charge on any atom is 0.250 e. The van der Waals surface area contributed by atoms with Gasteiger partial charge >= 0.3 is 0 Å². The molecule has 3 N–H and O–H groups in total. The van der Waals surface area contributed by atoms with Crippen molar-refractivity contribution < 1.29 is 23.9 Å². The van der Waals surface area contributed by atoms with Crippen LogP contribution in [0.4, 0.5) is 10.1 Å². The van der Waals surface area contributed by atoms with E-state index in [-0.39, 0.29) is 12.5 Å². The third kappa shape index (κ3) is 2.29. The highest BCUT2D eigenvalue weighted by atomic mass is 19.1. The van der Waals surface area contributed by atoms with Crippen LogP contribution in [-0.4, -0.2) is 46.4 Å². The maximum atomic E-state index is 14.0. The molecular weight excluding hydrogens is 353 g/mol. The molecule has 2 saturated heterocycles. The first-order valence-electron chi connectivity index (χ1n) is 9.25. The zero-order valence-electron chi connectivity index (χ0n) is 15.2. The van der Waals surface area contributed by atoms with Crippen LogP contribution >= 0.6 is 0 Å². The molecule has 7 nitrogen and oxygen atoms in total. The van der Waals surface area contributed by atoms with Crippen molar-refractivity contribution in [3.05, 3.63) is 29.6 Å². The van der Waals surface area contributed by atoms with Crippen LogP contribution in [0.3, 0.4) is 0 Å². The van der Waals surface area contributed by atoms with Gasteiger partial charge in [-0.15, -0.1) is 0 Å². The first-order chi connectivity index (χ1) is 12.8. The van der Waals surface area contributed by atoms with Gasteiger partial charge in [0.1, 0.15) is 11.4 Å². The zero-order chi connectivity index (χ0) is 19.5. The molecule has 3 aliphatic rings.